The van der Waals surface area contributed by atoms with Gasteiger partial charge in [0.15, 0.2) is 0 Å². The molecule has 1 saturated carbocycles. The van der Waals surface area contributed by atoms with Crippen LogP contribution in [0.5, 0.6) is 0 Å². The zero-order valence-electron chi connectivity index (χ0n) is 11.5. The van der Waals surface area contributed by atoms with Crippen molar-refractivity contribution < 1.29 is 0 Å². The molecule has 2 unspecified atom stereocenters. The summed E-state index contributed by atoms with van der Waals surface area (Å²) in [4.78, 5) is 1.41. The molecule has 1 aliphatic heterocycles. The van der Waals surface area contributed by atoms with Gasteiger partial charge in [-0.15, -0.1) is 11.8 Å². The molecule has 104 valence electrons. The largest absolute Gasteiger partial charge is 0.307 e. The van der Waals surface area contributed by atoms with Crippen molar-refractivity contribution in [3.05, 3.63) is 28.8 Å². The second-order valence-corrected chi connectivity index (χ2v) is 7.55. The van der Waals surface area contributed by atoms with Crippen LogP contribution in [0, 0.1) is 5.92 Å². The topological polar surface area (TPSA) is 12.0 Å². The molecule has 0 bridgehead atoms. The quantitative estimate of drug-likeness (QED) is 0.834. The summed E-state index contributed by atoms with van der Waals surface area (Å²) in [5.41, 5.74) is 1.41. The Labute approximate surface area is 125 Å². The number of rotatable bonds is 4. The Kier molecular flexibility index (Phi) is 4.40. The van der Waals surface area contributed by atoms with Crippen LogP contribution in [-0.2, 0) is 0 Å². The second-order valence-electron chi connectivity index (χ2n) is 5.97. The van der Waals surface area contributed by atoms with E-state index in [1.165, 1.54) is 48.3 Å². The van der Waals surface area contributed by atoms with Crippen LogP contribution in [0.2, 0.25) is 5.02 Å². The van der Waals surface area contributed by atoms with E-state index in [9.17, 15) is 0 Å². The first-order valence-corrected chi connectivity index (χ1v) is 8.77. The normalized spacial score (nSPS) is 24.6. The summed E-state index contributed by atoms with van der Waals surface area (Å²) in [6.45, 7) is 2.34. The number of nitrogens with one attached hydrogen (secondary N) is 1. The molecule has 0 spiro atoms. The molecule has 3 rings (SSSR count). The van der Waals surface area contributed by atoms with Gasteiger partial charge < -0.3 is 5.32 Å². The van der Waals surface area contributed by atoms with E-state index in [0.29, 0.717) is 12.1 Å². The molecule has 2 aliphatic rings. The van der Waals surface area contributed by atoms with Gasteiger partial charge in [0.1, 0.15) is 0 Å². The molecule has 3 heteroatoms. The minimum absolute atomic E-state index is 0.491. The first-order chi connectivity index (χ1) is 9.22. The molecule has 1 aromatic carbocycles. The maximum Gasteiger partial charge on any atom is 0.0410 e. The van der Waals surface area contributed by atoms with Crippen molar-refractivity contribution in [3.63, 3.8) is 0 Å². The van der Waals surface area contributed by atoms with Gasteiger partial charge in [-0.3, -0.25) is 0 Å². The molecule has 1 heterocycles. The van der Waals surface area contributed by atoms with Crippen molar-refractivity contribution in [2.45, 2.75) is 56.0 Å². The molecule has 19 heavy (non-hydrogen) atoms. The smallest absolute Gasteiger partial charge is 0.0410 e. The Morgan fingerprint density at radius 3 is 2.95 bits per heavy atom. The Hall–Kier alpha value is -0.180. The van der Waals surface area contributed by atoms with Crippen LogP contribution >= 0.6 is 23.4 Å². The van der Waals surface area contributed by atoms with E-state index in [-0.39, 0.29) is 0 Å². The summed E-state index contributed by atoms with van der Waals surface area (Å²) in [7, 11) is 0. The summed E-state index contributed by atoms with van der Waals surface area (Å²) in [6, 6.07) is 7.44. The Morgan fingerprint density at radius 2 is 2.21 bits per heavy atom. The van der Waals surface area contributed by atoms with Crippen molar-refractivity contribution in [3.8, 4) is 0 Å². The third kappa shape index (κ3) is 3.29. The molecular formula is C16H22ClNS. The third-order valence-corrected chi connectivity index (χ3v) is 5.77. The predicted octanol–water partition coefficient (Wildman–Crippen LogP) is 5.05. The molecule has 2 atom stereocenters. The average molecular weight is 296 g/mol. The van der Waals surface area contributed by atoms with Crippen molar-refractivity contribution >= 4 is 23.4 Å². The minimum Gasteiger partial charge on any atom is -0.307 e. The lowest BCUT2D eigenvalue weighted by atomic mass is 9.81. The zero-order valence-corrected chi connectivity index (χ0v) is 13.1. The van der Waals surface area contributed by atoms with Crippen LogP contribution in [0.4, 0.5) is 0 Å². The van der Waals surface area contributed by atoms with Crippen LogP contribution in [-0.4, -0.2) is 11.8 Å². The molecule has 0 saturated heterocycles. The van der Waals surface area contributed by atoms with E-state index in [2.05, 4.69) is 24.4 Å². The van der Waals surface area contributed by atoms with Crippen LogP contribution < -0.4 is 5.32 Å². The molecule has 1 nitrogen and oxygen atoms in total. The zero-order chi connectivity index (χ0) is 13.2. The number of thioether (sulfide) groups is 1. The first-order valence-electron chi connectivity index (χ1n) is 7.40. The van der Waals surface area contributed by atoms with Crippen molar-refractivity contribution in [1.82, 2.24) is 5.32 Å². The monoisotopic (exact) mass is 295 g/mol. The van der Waals surface area contributed by atoms with E-state index in [0.717, 1.165) is 10.9 Å². The van der Waals surface area contributed by atoms with E-state index in [1.807, 2.05) is 17.8 Å². The standard InChI is InChI=1S/C16H22ClNS/c1-11(9-12-3-2-4-12)18-15-7-8-19-16-6-5-13(17)10-14(15)16/h5-6,10-12,15,18H,2-4,7-9H2,1H3. The molecule has 1 aliphatic carbocycles. The fourth-order valence-electron chi connectivity index (χ4n) is 3.18. The summed E-state index contributed by atoms with van der Waals surface area (Å²) < 4.78 is 0. The first kappa shape index (κ1) is 13.8. The number of fused-ring (bicyclic) bond motifs is 1. The average Bonchev–Trinajstić information content (AvgIpc) is 2.35. The van der Waals surface area contributed by atoms with Crippen molar-refractivity contribution in [1.29, 1.82) is 0 Å². The summed E-state index contributed by atoms with van der Waals surface area (Å²) >= 11 is 8.12. The fraction of sp³-hybridized carbons (Fsp3) is 0.625. The van der Waals surface area contributed by atoms with Gasteiger partial charge in [-0.25, -0.2) is 0 Å². The van der Waals surface area contributed by atoms with Gasteiger partial charge in [-0.1, -0.05) is 30.9 Å². The fourth-order valence-corrected chi connectivity index (χ4v) is 4.46. The van der Waals surface area contributed by atoms with E-state index < -0.39 is 0 Å². The van der Waals surface area contributed by atoms with Gasteiger partial charge in [-0.2, -0.15) is 0 Å². The maximum absolute atomic E-state index is 6.16. The van der Waals surface area contributed by atoms with E-state index >= 15 is 0 Å². The van der Waals surface area contributed by atoms with Crippen LogP contribution in [0.25, 0.3) is 0 Å². The van der Waals surface area contributed by atoms with Crippen LogP contribution in [0.3, 0.4) is 0 Å². The molecule has 0 aromatic heterocycles. The van der Waals surface area contributed by atoms with Crippen molar-refractivity contribution in [2.75, 3.05) is 5.75 Å². The van der Waals surface area contributed by atoms with Gasteiger partial charge in [0.25, 0.3) is 0 Å². The number of hydrogen-bond acceptors (Lipinski definition) is 2. The van der Waals surface area contributed by atoms with E-state index in [4.69, 9.17) is 11.6 Å². The summed E-state index contributed by atoms with van der Waals surface area (Å²) in [6.07, 6.45) is 6.87. The molecule has 0 amide bonds. The lowest BCUT2D eigenvalue weighted by molar-refractivity contribution is 0.256. The second kappa shape index (κ2) is 6.07. The van der Waals surface area contributed by atoms with E-state index in [1.54, 1.807) is 0 Å². The highest BCUT2D eigenvalue weighted by atomic mass is 35.5. The van der Waals surface area contributed by atoms with Gasteiger partial charge in [-0.05, 0) is 55.2 Å². The molecular weight excluding hydrogens is 274 g/mol. The lowest BCUT2D eigenvalue weighted by Crippen LogP contribution is -2.34. The molecule has 1 fully saturated rings. The molecule has 0 radical (unpaired) electrons. The Bertz CT molecular complexity index is 444. The molecule has 1 N–H and O–H groups in total. The Morgan fingerprint density at radius 1 is 1.37 bits per heavy atom. The predicted molar refractivity (Wildman–Crippen MR) is 84.1 cm³/mol. The van der Waals surface area contributed by atoms with Crippen molar-refractivity contribution in [2.24, 2.45) is 5.92 Å². The number of hydrogen-bond donors (Lipinski definition) is 1. The van der Waals surface area contributed by atoms with Gasteiger partial charge >= 0.3 is 0 Å². The highest BCUT2D eigenvalue weighted by molar-refractivity contribution is 7.99. The number of benzene rings is 1. The third-order valence-electron chi connectivity index (χ3n) is 4.41. The van der Waals surface area contributed by atoms with Gasteiger partial charge in [0.2, 0.25) is 0 Å². The highest BCUT2D eigenvalue weighted by Gasteiger charge is 2.25. The van der Waals surface area contributed by atoms with Crippen LogP contribution in [0.1, 0.15) is 50.6 Å². The minimum atomic E-state index is 0.491. The highest BCUT2D eigenvalue weighted by Crippen LogP contribution is 2.38. The summed E-state index contributed by atoms with van der Waals surface area (Å²) in [5.74, 6) is 2.18. The number of halogens is 1. The maximum atomic E-state index is 6.16. The lowest BCUT2D eigenvalue weighted by Gasteiger charge is -2.33. The van der Waals surface area contributed by atoms with Gasteiger partial charge in [0, 0.05) is 22.0 Å². The van der Waals surface area contributed by atoms with Crippen LogP contribution in [0.15, 0.2) is 23.1 Å². The SMILES string of the molecule is CC(CC1CCC1)NC1CCSc2ccc(Cl)cc21. The molecule has 1 aromatic rings. The Balaban J connectivity index is 1.66. The summed E-state index contributed by atoms with van der Waals surface area (Å²) in [5, 5.41) is 4.69. The van der Waals surface area contributed by atoms with Gasteiger partial charge in [0.05, 0.1) is 0 Å².